The topological polar surface area (TPSA) is 0 Å². The summed E-state index contributed by atoms with van der Waals surface area (Å²) < 4.78 is 1.47. The molecule has 0 N–H and O–H groups in total. The minimum absolute atomic E-state index is 1.05. The summed E-state index contributed by atoms with van der Waals surface area (Å²) >= 11 is 0. The Morgan fingerprint density at radius 1 is 1.71 bits per heavy atom. The van der Waals surface area contributed by atoms with Crippen LogP contribution >= 0.6 is 0 Å². The van der Waals surface area contributed by atoms with Crippen molar-refractivity contribution >= 4 is 0 Å². The van der Waals surface area contributed by atoms with Gasteiger partial charge >= 0.3 is 0 Å². The van der Waals surface area contributed by atoms with E-state index in [0.29, 0.717) is 0 Å². The van der Waals surface area contributed by atoms with E-state index in [-0.39, 0.29) is 0 Å². The molecule has 2 saturated heterocycles. The van der Waals surface area contributed by atoms with Crippen LogP contribution in [0.3, 0.4) is 0 Å². The van der Waals surface area contributed by atoms with Crippen LogP contribution in [-0.2, 0) is 0 Å². The van der Waals surface area contributed by atoms with Crippen LogP contribution in [0.1, 0.15) is 13.8 Å². The fourth-order valence-electron chi connectivity index (χ4n) is 1.84. The maximum atomic E-state index is 2.36. The lowest BCUT2D eigenvalue weighted by atomic mass is 10.3. The van der Waals surface area contributed by atoms with Crippen LogP contribution in [0, 0.1) is 0 Å². The van der Waals surface area contributed by atoms with E-state index in [4.69, 9.17) is 0 Å². The Kier molecular flexibility index (Phi) is 0.419. The van der Waals surface area contributed by atoms with Crippen LogP contribution in [0.15, 0.2) is 0 Å². The van der Waals surface area contributed by atoms with Crippen LogP contribution in [0.25, 0.3) is 0 Å². The summed E-state index contributed by atoms with van der Waals surface area (Å²) in [5.41, 5.74) is 0. The second-order valence-corrected chi connectivity index (χ2v) is 2.91. The van der Waals surface area contributed by atoms with Crippen molar-refractivity contribution in [1.82, 2.24) is 0 Å². The largest absolute Gasteiger partial charge is 0.299 e. The van der Waals surface area contributed by atoms with Crippen molar-refractivity contribution < 1.29 is 4.48 Å². The molecule has 0 amide bonds. The average molecular weight is 98.2 g/mol. The highest BCUT2D eigenvalue weighted by Gasteiger charge is 2.79. The van der Waals surface area contributed by atoms with Gasteiger partial charge in [-0.3, -0.25) is 4.48 Å². The van der Waals surface area contributed by atoms with E-state index in [2.05, 4.69) is 13.8 Å². The van der Waals surface area contributed by atoms with Crippen molar-refractivity contribution in [1.29, 1.82) is 0 Å². The van der Waals surface area contributed by atoms with E-state index in [9.17, 15) is 0 Å². The zero-order chi connectivity index (χ0) is 5.07. The maximum Gasteiger partial charge on any atom is 0.191 e. The van der Waals surface area contributed by atoms with Crippen LogP contribution in [0.5, 0.6) is 0 Å². The molecule has 0 spiro atoms. The standard InChI is InChI=1S/C6H12N/c1-3-7-4-6(7)5(7)2/h5-6H,3-4H2,1-2H3/q+1. The molecule has 1 heteroatoms. The number of hydrogen-bond donors (Lipinski definition) is 0. The number of hydrogen-bond acceptors (Lipinski definition) is 0. The molecule has 0 aromatic rings. The van der Waals surface area contributed by atoms with Gasteiger partial charge in [0, 0.05) is 0 Å². The average Bonchev–Trinajstić information content (AvgIpc) is 2.49. The molecule has 40 valence electrons. The molecular weight excluding hydrogens is 86.1 g/mol. The molecule has 2 fully saturated rings. The van der Waals surface area contributed by atoms with Gasteiger partial charge in [-0.15, -0.1) is 0 Å². The van der Waals surface area contributed by atoms with E-state index in [1.165, 1.54) is 17.6 Å². The first-order chi connectivity index (χ1) is 3.31. The molecule has 0 saturated carbocycles. The van der Waals surface area contributed by atoms with E-state index in [0.717, 1.165) is 12.1 Å². The second kappa shape index (κ2) is 0.752. The fourth-order valence-corrected chi connectivity index (χ4v) is 1.84. The third kappa shape index (κ3) is 0.235. The molecule has 2 aliphatic rings. The lowest BCUT2D eigenvalue weighted by Gasteiger charge is -2.01. The first-order valence-corrected chi connectivity index (χ1v) is 3.17. The van der Waals surface area contributed by atoms with Crippen LogP contribution in [0.4, 0.5) is 0 Å². The van der Waals surface area contributed by atoms with Gasteiger partial charge in [0.05, 0.1) is 6.54 Å². The third-order valence-electron chi connectivity index (χ3n) is 2.92. The second-order valence-electron chi connectivity index (χ2n) is 2.91. The number of quaternary nitrogens is 1. The van der Waals surface area contributed by atoms with E-state index < -0.39 is 0 Å². The number of fused-ring (bicyclic) bond motifs is 1. The lowest BCUT2D eigenvalue weighted by molar-refractivity contribution is -0.717. The van der Waals surface area contributed by atoms with Gasteiger partial charge < -0.3 is 0 Å². The molecule has 0 bridgehead atoms. The summed E-state index contributed by atoms with van der Waals surface area (Å²) in [5.74, 6) is 0. The first-order valence-electron chi connectivity index (χ1n) is 3.17. The molecule has 0 aromatic carbocycles. The van der Waals surface area contributed by atoms with E-state index in [1.807, 2.05) is 0 Å². The minimum atomic E-state index is 1.05. The Balaban J connectivity index is 2.08. The quantitative estimate of drug-likeness (QED) is 0.333. The number of likely N-dealkylation sites (N-methyl/N-ethyl adjacent to an activating group) is 1. The van der Waals surface area contributed by atoms with Crippen LogP contribution in [-0.4, -0.2) is 29.7 Å². The zero-order valence-electron chi connectivity index (χ0n) is 5.02. The van der Waals surface area contributed by atoms with E-state index in [1.54, 1.807) is 0 Å². The smallest absolute Gasteiger partial charge is 0.191 e. The monoisotopic (exact) mass is 98.1 g/mol. The zero-order valence-corrected chi connectivity index (χ0v) is 5.02. The van der Waals surface area contributed by atoms with Gasteiger partial charge in [-0.2, -0.15) is 0 Å². The molecule has 0 radical (unpaired) electrons. The van der Waals surface area contributed by atoms with Crippen molar-refractivity contribution in [2.75, 3.05) is 13.1 Å². The lowest BCUT2D eigenvalue weighted by Crippen LogP contribution is -2.17. The highest BCUT2D eigenvalue weighted by Crippen LogP contribution is 2.54. The van der Waals surface area contributed by atoms with Crippen molar-refractivity contribution in [2.45, 2.75) is 25.9 Å². The van der Waals surface area contributed by atoms with Gasteiger partial charge in [-0.1, -0.05) is 0 Å². The van der Waals surface area contributed by atoms with Crippen LogP contribution in [0.2, 0.25) is 0 Å². The highest BCUT2D eigenvalue weighted by atomic mass is 15.7. The summed E-state index contributed by atoms with van der Waals surface area (Å²) in [7, 11) is 0. The Morgan fingerprint density at radius 3 is 2.29 bits per heavy atom. The van der Waals surface area contributed by atoms with Gasteiger partial charge in [0.1, 0.15) is 12.6 Å². The molecule has 3 unspecified atom stereocenters. The van der Waals surface area contributed by atoms with Gasteiger partial charge in [-0.25, -0.2) is 0 Å². The molecule has 2 rings (SSSR count). The van der Waals surface area contributed by atoms with Crippen LogP contribution < -0.4 is 0 Å². The summed E-state index contributed by atoms with van der Waals surface area (Å²) in [6.07, 6.45) is 0. The van der Waals surface area contributed by atoms with Gasteiger partial charge in [0.25, 0.3) is 0 Å². The van der Waals surface area contributed by atoms with Gasteiger partial charge in [-0.05, 0) is 13.8 Å². The van der Waals surface area contributed by atoms with Crippen molar-refractivity contribution in [3.8, 4) is 0 Å². The number of rotatable bonds is 1. The molecule has 3 atom stereocenters. The fraction of sp³-hybridized carbons (Fsp3) is 1.00. The Morgan fingerprint density at radius 2 is 2.29 bits per heavy atom. The predicted molar refractivity (Wildman–Crippen MR) is 28.9 cm³/mol. The molecule has 2 aliphatic heterocycles. The molecule has 0 aromatic heterocycles. The molecule has 2 heterocycles. The SMILES string of the molecule is CC[N+]12CC1C2C. The Hall–Kier alpha value is -0.0400. The molecule has 1 nitrogen and oxygen atoms in total. The van der Waals surface area contributed by atoms with Gasteiger partial charge in [0.15, 0.2) is 6.04 Å². The molecule has 7 heavy (non-hydrogen) atoms. The van der Waals surface area contributed by atoms with Gasteiger partial charge in [0.2, 0.25) is 0 Å². The third-order valence-corrected chi connectivity index (χ3v) is 2.92. The summed E-state index contributed by atoms with van der Waals surface area (Å²) in [4.78, 5) is 0. The predicted octanol–water partition coefficient (Wildman–Crippen LogP) is 0.607. The summed E-state index contributed by atoms with van der Waals surface area (Å²) in [6, 6.07) is 2.16. The molecular formula is C6H12N+. The number of nitrogens with zero attached hydrogens (tertiary/aromatic N) is 1. The first kappa shape index (κ1) is 3.90. The summed E-state index contributed by atoms with van der Waals surface area (Å²) in [5, 5.41) is 0. The maximum absolute atomic E-state index is 2.36. The minimum Gasteiger partial charge on any atom is -0.299 e. The normalized spacial score (nSPS) is 64.3. The van der Waals surface area contributed by atoms with Crippen molar-refractivity contribution in [3.05, 3.63) is 0 Å². The van der Waals surface area contributed by atoms with Crippen molar-refractivity contribution in [2.24, 2.45) is 0 Å². The van der Waals surface area contributed by atoms with Crippen molar-refractivity contribution in [3.63, 3.8) is 0 Å². The summed E-state index contributed by atoms with van der Waals surface area (Å²) in [6.45, 7) is 7.53. The molecule has 0 aliphatic carbocycles. The Labute approximate surface area is 44.5 Å². The Bertz CT molecular complexity index is 105. The highest BCUT2D eigenvalue weighted by molar-refractivity contribution is 4.98. The van der Waals surface area contributed by atoms with E-state index >= 15 is 0 Å².